The zero-order valence-electron chi connectivity index (χ0n) is 21.8. The molecule has 198 valence electrons. The molecule has 0 unspecified atom stereocenters. The van der Waals surface area contributed by atoms with Crippen LogP contribution in [0.15, 0.2) is 101 Å². The Morgan fingerprint density at radius 1 is 0.950 bits per heavy atom. The largest absolute Gasteiger partial charge is 0.497 e. The van der Waals surface area contributed by atoms with Gasteiger partial charge in [0.1, 0.15) is 10.8 Å². The van der Waals surface area contributed by atoms with Gasteiger partial charge in [-0.2, -0.15) is 0 Å². The summed E-state index contributed by atoms with van der Waals surface area (Å²) in [4.78, 5) is 35.8. The summed E-state index contributed by atoms with van der Waals surface area (Å²) in [5.41, 5.74) is 4.85. The monoisotopic (exact) mass is 564 g/mol. The lowest BCUT2D eigenvalue weighted by molar-refractivity contribution is -0.113. The fourth-order valence-corrected chi connectivity index (χ4v) is 6.25. The number of para-hydroxylation sites is 1. The number of nitrogens with one attached hydrogen (secondary N) is 1. The van der Waals surface area contributed by atoms with Crippen molar-refractivity contribution in [3.8, 4) is 22.0 Å². The van der Waals surface area contributed by atoms with Crippen LogP contribution in [0.3, 0.4) is 0 Å². The molecule has 6 rings (SSSR count). The maximum absolute atomic E-state index is 13.5. The highest BCUT2D eigenvalue weighted by Gasteiger charge is 2.16. The van der Waals surface area contributed by atoms with Crippen molar-refractivity contribution >= 4 is 55.8 Å². The van der Waals surface area contributed by atoms with Crippen molar-refractivity contribution in [3.05, 3.63) is 107 Å². The Hall–Kier alpha value is -4.47. The molecule has 2 aromatic heterocycles. The molecule has 2 heterocycles. The van der Waals surface area contributed by atoms with Crippen molar-refractivity contribution in [1.82, 2.24) is 14.5 Å². The number of ether oxygens (including phenoxy) is 1. The zero-order chi connectivity index (χ0) is 27.6. The predicted octanol–water partition coefficient (Wildman–Crippen LogP) is 6.71. The van der Waals surface area contributed by atoms with Gasteiger partial charge in [0, 0.05) is 17.3 Å². The van der Waals surface area contributed by atoms with E-state index in [1.165, 1.54) is 21.9 Å². The summed E-state index contributed by atoms with van der Waals surface area (Å²) < 4.78 is 8.03. The Bertz CT molecular complexity index is 1930. The van der Waals surface area contributed by atoms with Gasteiger partial charge >= 0.3 is 0 Å². The van der Waals surface area contributed by atoms with E-state index >= 15 is 0 Å². The molecular weight excluding hydrogens is 541 g/mol. The number of aryl methyl sites for hydroxylation is 1. The van der Waals surface area contributed by atoms with E-state index in [1.807, 2.05) is 60.7 Å². The lowest BCUT2D eigenvalue weighted by Crippen LogP contribution is -2.23. The number of rotatable bonds is 7. The van der Waals surface area contributed by atoms with Gasteiger partial charge in [-0.25, -0.2) is 9.97 Å². The van der Waals surface area contributed by atoms with Crippen molar-refractivity contribution in [2.75, 3.05) is 18.2 Å². The molecule has 6 aromatic rings. The number of hydrogen-bond acceptors (Lipinski definition) is 7. The Balaban J connectivity index is 1.21. The van der Waals surface area contributed by atoms with Crippen molar-refractivity contribution in [1.29, 1.82) is 0 Å². The molecule has 1 N–H and O–H groups in total. The van der Waals surface area contributed by atoms with Crippen LogP contribution in [0.4, 0.5) is 5.69 Å². The van der Waals surface area contributed by atoms with Gasteiger partial charge in [0.2, 0.25) is 5.91 Å². The van der Waals surface area contributed by atoms with Gasteiger partial charge in [-0.15, -0.1) is 11.3 Å². The van der Waals surface area contributed by atoms with Crippen LogP contribution in [0.1, 0.15) is 5.56 Å². The molecule has 40 heavy (non-hydrogen) atoms. The third-order valence-corrected chi connectivity index (χ3v) is 8.35. The minimum atomic E-state index is -0.206. The van der Waals surface area contributed by atoms with Gasteiger partial charge in [-0.05, 0) is 73.2 Å². The number of fused-ring (bicyclic) bond motifs is 2. The van der Waals surface area contributed by atoms with Crippen LogP contribution < -0.4 is 15.6 Å². The second kappa shape index (κ2) is 11.0. The quantitative estimate of drug-likeness (QED) is 0.171. The van der Waals surface area contributed by atoms with Gasteiger partial charge in [0.25, 0.3) is 5.56 Å². The SMILES string of the molecule is COc1cccc(-n2c(SCC(=O)Nc3ccc(-c4nc5ccc(C)cc5s4)cc3)nc3ccccc3c2=O)c1. The Morgan fingerprint density at radius 2 is 1.77 bits per heavy atom. The maximum Gasteiger partial charge on any atom is 0.266 e. The Morgan fingerprint density at radius 3 is 2.60 bits per heavy atom. The normalized spacial score (nSPS) is 11.2. The van der Waals surface area contributed by atoms with E-state index in [0.717, 1.165) is 20.8 Å². The molecule has 0 spiro atoms. The fourth-order valence-electron chi connectivity index (χ4n) is 4.37. The first-order valence-electron chi connectivity index (χ1n) is 12.5. The van der Waals surface area contributed by atoms with Gasteiger partial charge < -0.3 is 10.1 Å². The van der Waals surface area contributed by atoms with Crippen LogP contribution in [-0.2, 0) is 4.79 Å². The number of aromatic nitrogens is 3. The number of hydrogen-bond donors (Lipinski definition) is 1. The van der Waals surface area contributed by atoms with Gasteiger partial charge in [0.05, 0.1) is 39.7 Å². The number of benzene rings is 4. The molecule has 0 radical (unpaired) electrons. The number of thiazole rings is 1. The molecule has 0 saturated carbocycles. The molecule has 7 nitrogen and oxygen atoms in total. The van der Waals surface area contributed by atoms with Gasteiger partial charge in [0.15, 0.2) is 5.16 Å². The van der Waals surface area contributed by atoms with Crippen LogP contribution >= 0.6 is 23.1 Å². The lowest BCUT2D eigenvalue weighted by atomic mass is 10.2. The molecule has 9 heteroatoms. The summed E-state index contributed by atoms with van der Waals surface area (Å²) in [6, 6.07) is 28.3. The maximum atomic E-state index is 13.5. The smallest absolute Gasteiger partial charge is 0.266 e. The third kappa shape index (κ3) is 5.21. The van der Waals surface area contributed by atoms with Crippen molar-refractivity contribution in [2.45, 2.75) is 12.1 Å². The minimum absolute atomic E-state index is 0.0771. The van der Waals surface area contributed by atoms with E-state index in [-0.39, 0.29) is 17.2 Å². The number of carbonyl (C=O) groups is 1. The van der Waals surface area contributed by atoms with Crippen molar-refractivity contribution in [2.24, 2.45) is 0 Å². The van der Waals surface area contributed by atoms with Crippen LogP contribution in [0, 0.1) is 6.92 Å². The van der Waals surface area contributed by atoms with E-state index in [1.54, 1.807) is 36.6 Å². The number of nitrogens with zero attached hydrogens (tertiary/aromatic N) is 3. The highest BCUT2D eigenvalue weighted by atomic mass is 32.2. The summed E-state index contributed by atoms with van der Waals surface area (Å²) in [6.07, 6.45) is 0. The second-order valence-corrected chi connectivity index (χ2v) is 11.1. The van der Waals surface area contributed by atoms with E-state index < -0.39 is 0 Å². The van der Waals surface area contributed by atoms with Crippen molar-refractivity contribution < 1.29 is 9.53 Å². The average Bonchev–Trinajstić information content (AvgIpc) is 3.40. The summed E-state index contributed by atoms with van der Waals surface area (Å²) in [6.45, 7) is 2.07. The van der Waals surface area contributed by atoms with Crippen LogP contribution in [0.2, 0.25) is 0 Å². The number of methoxy groups -OCH3 is 1. The molecular formula is C31H24N4O3S2. The third-order valence-electron chi connectivity index (χ3n) is 6.35. The molecule has 0 aliphatic rings. The second-order valence-electron chi connectivity index (χ2n) is 9.16. The average molecular weight is 565 g/mol. The summed E-state index contributed by atoms with van der Waals surface area (Å²) >= 11 is 2.86. The van der Waals surface area contributed by atoms with Crippen LogP contribution in [0.5, 0.6) is 5.75 Å². The number of carbonyl (C=O) groups excluding carboxylic acids is 1. The molecule has 1 amide bonds. The predicted molar refractivity (Wildman–Crippen MR) is 163 cm³/mol. The van der Waals surface area contributed by atoms with Gasteiger partial charge in [-0.3, -0.25) is 14.2 Å². The van der Waals surface area contributed by atoms with E-state index in [4.69, 9.17) is 14.7 Å². The van der Waals surface area contributed by atoms with E-state index in [0.29, 0.717) is 33.2 Å². The molecule has 0 atom stereocenters. The molecule has 0 bridgehead atoms. The molecule has 0 saturated heterocycles. The standard InChI is InChI=1S/C31H24N4O3S2/c1-19-10-15-26-27(16-19)40-29(33-26)20-11-13-21(14-12-20)32-28(36)18-39-31-34-25-9-4-3-8-24(25)30(37)35(31)22-6-5-7-23(17-22)38-2/h3-17H,18H2,1-2H3,(H,32,36). The minimum Gasteiger partial charge on any atom is -0.497 e. The highest BCUT2D eigenvalue weighted by molar-refractivity contribution is 7.99. The molecule has 0 fully saturated rings. The fraction of sp³-hybridized carbons (Fsp3) is 0.0968. The Labute approximate surface area is 238 Å². The number of anilines is 1. The Kier molecular flexibility index (Phi) is 7.06. The molecule has 4 aromatic carbocycles. The first-order chi connectivity index (χ1) is 19.5. The first kappa shape index (κ1) is 25.8. The van der Waals surface area contributed by atoms with Gasteiger partial charge in [-0.1, -0.05) is 36.0 Å². The lowest BCUT2D eigenvalue weighted by Gasteiger charge is -2.14. The topological polar surface area (TPSA) is 86.1 Å². The van der Waals surface area contributed by atoms with Crippen LogP contribution in [-0.4, -0.2) is 33.3 Å². The molecule has 0 aliphatic carbocycles. The number of amides is 1. The highest BCUT2D eigenvalue weighted by Crippen LogP contribution is 2.31. The first-order valence-corrected chi connectivity index (χ1v) is 14.4. The summed E-state index contributed by atoms with van der Waals surface area (Å²) in [5.74, 6) is 0.497. The zero-order valence-corrected chi connectivity index (χ0v) is 23.4. The van der Waals surface area contributed by atoms with E-state index in [9.17, 15) is 9.59 Å². The summed E-state index contributed by atoms with van der Waals surface area (Å²) in [5, 5.41) is 4.81. The van der Waals surface area contributed by atoms with Crippen molar-refractivity contribution in [3.63, 3.8) is 0 Å². The van der Waals surface area contributed by atoms with E-state index in [2.05, 4.69) is 24.4 Å². The molecule has 0 aliphatic heterocycles. The van der Waals surface area contributed by atoms with Crippen LogP contribution in [0.25, 0.3) is 37.4 Å². The summed E-state index contributed by atoms with van der Waals surface area (Å²) in [7, 11) is 1.58. The number of thioether (sulfide) groups is 1.